The van der Waals surface area contributed by atoms with Gasteiger partial charge in [0.2, 0.25) is 0 Å². The van der Waals surface area contributed by atoms with Crippen molar-refractivity contribution < 1.29 is 0 Å². The first-order chi connectivity index (χ1) is 14.5. The number of benzene rings is 2. The molecule has 0 saturated heterocycles. The molecule has 4 rings (SSSR count). The summed E-state index contributed by atoms with van der Waals surface area (Å²) < 4.78 is 2.20. The predicted octanol–water partition coefficient (Wildman–Crippen LogP) is 5.99. The maximum absolute atomic E-state index is 4.79. The molecule has 0 amide bonds. The first kappa shape index (κ1) is 19.6. The quantitative estimate of drug-likeness (QED) is 0.422. The van der Waals surface area contributed by atoms with Crippen molar-refractivity contribution in [1.82, 2.24) is 19.7 Å². The summed E-state index contributed by atoms with van der Waals surface area (Å²) in [6.07, 6.45) is 5.68. The molecule has 2 aromatic heterocycles. The molecule has 1 N–H and O–H groups in total. The Bertz CT molecular complexity index is 1280. The monoisotopic (exact) mass is 395 g/mol. The summed E-state index contributed by atoms with van der Waals surface area (Å²) in [4.78, 5) is 4.79. The summed E-state index contributed by atoms with van der Waals surface area (Å²) in [6, 6.07) is 14.6. The SMILES string of the molecule is C=CC=Cc1c(C)nnc(Nc2ccc3c(c2)nc(C)n3-c2ccccc2C)c1C. The average molecular weight is 396 g/mol. The molecule has 0 atom stereocenters. The van der Waals surface area contributed by atoms with Crippen molar-refractivity contribution in [3.8, 4) is 5.69 Å². The van der Waals surface area contributed by atoms with E-state index >= 15 is 0 Å². The number of allylic oxidation sites excluding steroid dienone is 2. The number of nitrogens with one attached hydrogen (secondary N) is 1. The van der Waals surface area contributed by atoms with Gasteiger partial charge in [-0.05, 0) is 57.5 Å². The van der Waals surface area contributed by atoms with Gasteiger partial charge in [-0.1, -0.05) is 43.0 Å². The Morgan fingerprint density at radius 3 is 2.57 bits per heavy atom. The molecule has 5 nitrogen and oxygen atoms in total. The third-order valence-electron chi connectivity index (χ3n) is 5.29. The van der Waals surface area contributed by atoms with Gasteiger partial charge in [0.1, 0.15) is 5.82 Å². The average Bonchev–Trinajstić information content (AvgIpc) is 3.05. The number of rotatable bonds is 5. The van der Waals surface area contributed by atoms with Gasteiger partial charge in [-0.2, -0.15) is 5.10 Å². The van der Waals surface area contributed by atoms with E-state index in [-0.39, 0.29) is 0 Å². The van der Waals surface area contributed by atoms with Crippen LogP contribution in [0.5, 0.6) is 0 Å². The summed E-state index contributed by atoms with van der Waals surface area (Å²) in [5.41, 5.74) is 8.29. The maximum Gasteiger partial charge on any atom is 0.156 e. The van der Waals surface area contributed by atoms with Crippen molar-refractivity contribution >= 4 is 28.6 Å². The van der Waals surface area contributed by atoms with Gasteiger partial charge >= 0.3 is 0 Å². The molecule has 2 aromatic carbocycles. The fraction of sp³-hybridized carbons (Fsp3) is 0.160. The molecule has 5 heteroatoms. The highest BCUT2D eigenvalue weighted by Crippen LogP contribution is 2.28. The molecule has 0 unspecified atom stereocenters. The van der Waals surface area contributed by atoms with Crippen LogP contribution >= 0.6 is 0 Å². The highest BCUT2D eigenvalue weighted by Gasteiger charge is 2.13. The van der Waals surface area contributed by atoms with E-state index in [9.17, 15) is 0 Å². The van der Waals surface area contributed by atoms with E-state index in [1.54, 1.807) is 6.08 Å². The van der Waals surface area contributed by atoms with Crippen LogP contribution < -0.4 is 5.32 Å². The number of fused-ring (bicyclic) bond motifs is 1. The van der Waals surface area contributed by atoms with Crippen LogP contribution in [0.3, 0.4) is 0 Å². The van der Waals surface area contributed by atoms with Crippen molar-refractivity contribution in [2.24, 2.45) is 0 Å². The Morgan fingerprint density at radius 1 is 1.00 bits per heavy atom. The Morgan fingerprint density at radius 2 is 1.80 bits per heavy atom. The Balaban J connectivity index is 1.74. The molecule has 2 heterocycles. The first-order valence-electron chi connectivity index (χ1n) is 9.94. The minimum atomic E-state index is 0.735. The Kier molecular flexibility index (Phi) is 5.19. The highest BCUT2D eigenvalue weighted by molar-refractivity contribution is 5.83. The third-order valence-corrected chi connectivity index (χ3v) is 5.29. The van der Waals surface area contributed by atoms with Gasteiger partial charge in [0.25, 0.3) is 0 Å². The number of imidazole rings is 1. The molecule has 0 aliphatic rings. The maximum atomic E-state index is 4.79. The highest BCUT2D eigenvalue weighted by atomic mass is 15.2. The van der Waals surface area contributed by atoms with E-state index < -0.39 is 0 Å². The number of aromatic nitrogens is 4. The number of anilines is 2. The number of hydrogen-bond donors (Lipinski definition) is 1. The van der Waals surface area contributed by atoms with E-state index in [0.717, 1.165) is 50.9 Å². The largest absolute Gasteiger partial charge is 0.338 e. The van der Waals surface area contributed by atoms with E-state index in [0.29, 0.717) is 0 Å². The van der Waals surface area contributed by atoms with Gasteiger partial charge in [-0.15, -0.1) is 5.10 Å². The van der Waals surface area contributed by atoms with Crippen LogP contribution in [0.1, 0.15) is 28.2 Å². The lowest BCUT2D eigenvalue weighted by Crippen LogP contribution is -2.03. The van der Waals surface area contributed by atoms with E-state index in [1.807, 2.05) is 32.9 Å². The number of aryl methyl sites for hydroxylation is 3. The van der Waals surface area contributed by atoms with Crippen LogP contribution in [0, 0.1) is 27.7 Å². The zero-order chi connectivity index (χ0) is 21.3. The van der Waals surface area contributed by atoms with Gasteiger partial charge < -0.3 is 5.32 Å². The first-order valence-corrected chi connectivity index (χ1v) is 9.94. The summed E-state index contributed by atoms with van der Waals surface area (Å²) in [5, 5.41) is 12.1. The smallest absolute Gasteiger partial charge is 0.156 e. The van der Waals surface area contributed by atoms with Crippen LogP contribution in [-0.2, 0) is 0 Å². The van der Waals surface area contributed by atoms with Gasteiger partial charge in [-0.25, -0.2) is 4.98 Å². The molecular formula is C25H25N5. The number of hydrogen-bond acceptors (Lipinski definition) is 4. The van der Waals surface area contributed by atoms with E-state index in [2.05, 4.69) is 76.0 Å². The Hall–Kier alpha value is -3.73. The summed E-state index contributed by atoms with van der Waals surface area (Å²) in [6.45, 7) is 11.9. The topological polar surface area (TPSA) is 55.6 Å². The van der Waals surface area contributed by atoms with Crippen molar-refractivity contribution in [1.29, 1.82) is 0 Å². The molecule has 4 aromatic rings. The molecule has 0 saturated carbocycles. The minimum Gasteiger partial charge on any atom is -0.338 e. The van der Waals surface area contributed by atoms with Crippen molar-refractivity contribution in [3.63, 3.8) is 0 Å². The van der Waals surface area contributed by atoms with Gasteiger partial charge in [0, 0.05) is 16.8 Å². The number of para-hydroxylation sites is 1. The second-order valence-electron chi connectivity index (χ2n) is 7.38. The van der Waals surface area contributed by atoms with Gasteiger partial charge in [-0.3, -0.25) is 4.57 Å². The molecule has 0 aliphatic heterocycles. The second-order valence-corrected chi connectivity index (χ2v) is 7.38. The fourth-order valence-corrected chi connectivity index (χ4v) is 3.71. The standard InChI is InChI=1S/C25H25N5/c1-6-7-11-21-17(3)25(29-28-18(21)4)27-20-13-14-24-22(15-20)26-19(5)30(24)23-12-9-8-10-16(23)2/h6-15H,1H2,2-5H3,(H,27,29). The van der Waals surface area contributed by atoms with Crippen molar-refractivity contribution in [3.05, 3.63) is 89.4 Å². The van der Waals surface area contributed by atoms with Gasteiger partial charge in [0.05, 0.1) is 22.4 Å². The summed E-state index contributed by atoms with van der Waals surface area (Å²) >= 11 is 0. The lowest BCUT2D eigenvalue weighted by atomic mass is 10.1. The zero-order valence-corrected chi connectivity index (χ0v) is 17.8. The molecule has 30 heavy (non-hydrogen) atoms. The number of nitrogens with zero attached hydrogens (tertiary/aromatic N) is 4. The molecule has 0 radical (unpaired) electrons. The predicted molar refractivity (Wildman–Crippen MR) is 125 cm³/mol. The molecule has 0 aliphatic carbocycles. The van der Waals surface area contributed by atoms with Crippen LogP contribution in [0.25, 0.3) is 22.8 Å². The van der Waals surface area contributed by atoms with E-state index in [4.69, 9.17) is 4.98 Å². The fourth-order valence-electron chi connectivity index (χ4n) is 3.71. The normalized spacial score (nSPS) is 11.3. The zero-order valence-electron chi connectivity index (χ0n) is 17.8. The van der Waals surface area contributed by atoms with Crippen LogP contribution in [-0.4, -0.2) is 19.7 Å². The third kappa shape index (κ3) is 3.50. The van der Waals surface area contributed by atoms with Crippen molar-refractivity contribution in [2.75, 3.05) is 5.32 Å². The van der Waals surface area contributed by atoms with Crippen molar-refractivity contribution in [2.45, 2.75) is 27.7 Å². The van der Waals surface area contributed by atoms with Crippen LogP contribution in [0.15, 0.2) is 61.2 Å². The minimum absolute atomic E-state index is 0.735. The molecular weight excluding hydrogens is 370 g/mol. The lowest BCUT2D eigenvalue weighted by Gasteiger charge is -2.12. The summed E-state index contributed by atoms with van der Waals surface area (Å²) in [5.74, 6) is 1.69. The van der Waals surface area contributed by atoms with Gasteiger partial charge in [0.15, 0.2) is 5.82 Å². The van der Waals surface area contributed by atoms with Crippen LogP contribution in [0.4, 0.5) is 11.5 Å². The van der Waals surface area contributed by atoms with E-state index in [1.165, 1.54) is 5.56 Å². The molecule has 0 fully saturated rings. The molecule has 0 bridgehead atoms. The Labute approximate surface area is 176 Å². The molecule has 150 valence electrons. The lowest BCUT2D eigenvalue weighted by molar-refractivity contribution is 0.967. The van der Waals surface area contributed by atoms with Crippen LogP contribution in [0.2, 0.25) is 0 Å². The second kappa shape index (κ2) is 7.95. The molecule has 0 spiro atoms. The summed E-state index contributed by atoms with van der Waals surface area (Å²) in [7, 11) is 0.